The first-order valence-corrected chi connectivity index (χ1v) is 28.8. The van der Waals surface area contributed by atoms with Crippen molar-refractivity contribution < 1.29 is 119 Å². The monoisotopic (exact) mass is 1320 g/mol. The summed E-state index contributed by atoms with van der Waals surface area (Å²) in [6.45, 7) is 6.03. The van der Waals surface area contributed by atoms with Crippen LogP contribution in [-0.4, -0.2) is 137 Å². The highest BCUT2D eigenvalue weighted by molar-refractivity contribution is 8.14. The van der Waals surface area contributed by atoms with Crippen LogP contribution in [-0.2, 0) is 53.3 Å². The molecular formula is C65H72O25S2. The number of benzene rings is 3. The number of hydrogen-bond donors (Lipinski definition) is 2. The fourth-order valence-electron chi connectivity index (χ4n) is 6.90. The van der Waals surface area contributed by atoms with Crippen molar-refractivity contribution in [3.05, 3.63) is 161 Å². The van der Waals surface area contributed by atoms with Gasteiger partial charge in [0.15, 0.2) is 63.9 Å². The number of furan rings is 3. The number of aliphatic hydroxyl groups excluding tert-OH is 1. The number of aldehydes is 1. The quantitative estimate of drug-likeness (QED) is 0.0199. The van der Waals surface area contributed by atoms with Crippen molar-refractivity contribution in [3.63, 3.8) is 0 Å². The van der Waals surface area contributed by atoms with Crippen LogP contribution in [0.2, 0.25) is 0 Å². The van der Waals surface area contributed by atoms with Gasteiger partial charge in [-0.2, -0.15) is 0 Å². The molecule has 3 aromatic carbocycles. The number of carboxylic acid groups (broad SMARTS) is 1. The van der Waals surface area contributed by atoms with Gasteiger partial charge in [0.2, 0.25) is 27.5 Å². The second kappa shape index (κ2) is 42.6. The number of methoxy groups -OCH3 is 9. The molecule has 27 heteroatoms. The molecule has 0 bridgehead atoms. The summed E-state index contributed by atoms with van der Waals surface area (Å²) in [4.78, 5) is 100. The first kappa shape index (κ1) is 77.8. The number of carbonyl (C=O) groups excluding carboxylic acids is 8. The molecule has 0 aliphatic heterocycles. The number of esters is 2. The predicted molar refractivity (Wildman–Crippen MR) is 340 cm³/mol. The molecule has 0 radical (unpaired) electrons. The number of hydrogen-bond acceptors (Lipinski definition) is 26. The SMILES string of the molecule is C/C=C/C(=O)SCC(=O)O.C/C=C/C(=O)SCC(=O)OCc1ccc(/C=C/C(=O)c2cc(OC)c(OC)c(OC)c2)o1.CC(=O)OCc1ccc(C=O)o1.COc1cc(C(=O)/C=C/c2ccc(CO)o2)cc(OC)c1OC.COc1cc(C(C)=O)cc(OC)c1OC. The number of rotatable bonds is 28. The lowest BCUT2D eigenvalue weighted by molar-refractivity contribution is -0.143. The molecule has 0 spiro atoms. The fraction of sp³-hybridized carbons (Fsp3) is 0.277. The van der Waals surface area contributed by atoms with E-state index >= 15 is 0 Å². The smallest absolute Gasteiger partial charge is 0.316 e. The average Bonchev–Trinajstić information content (AvgIpc) is 1.39. The van der Waals surface area contributed by atoms with Crippen molar-refractivity contribution in [2.45, 2.75) is 47.5 Å². The van der Waals surface area contributed by atoms with Crippen LogP contribution < -0.4 is 42.6 Å². The topological polar surface area (TPSA) is 335 Å². The number of ketones is 3. The molecule has 0 fully saturated rings. The molecule has 6 aromatic rings. The molecule has 0 saturated heterocycles. The van der Waals surface area contributed by atoms with Crippen molar-refractivity contribution in [3.8, 4) is 51.7 Å². The Hall–Kier alpha value is -10.3. The molecule has 0 amide bonds. The third kappa shape index (κ3) is 27.2. The normalized spacial score (nSPS) is 10.4. The molecule has 0 aliphatic carbocycles. The van der Waals surface area contributed by atoms with Crippen molar-refractivity contribution >= 4 is 87.5 Å². The van der Waals surface area contributed by atoms with E-state index in [2.05, 4.69) is 4.74 Å². The minimum absolute atomic E-state index is 0.0470. The van der Waals surface area contributed by atoms with E-state index in [1.807, 2.05) is 0 Å². The van der Waals surface area contributed by atoms with E-state index in [4.69, 9.17) is 70.8 Å². The Kier molecular flexibility index (Phi) is 36.1. The van der Waals surface area contributed by atoms with E-state index in [1.165, 1.54) is 120 Å². The second-order valence-electron chi connectivity index (χ2n) is 17.4. The van der Waals surface area contributed by atoms with Gasteiger partial charge in [0, 0.05) is 23.6 Å². The maximum absolute atomic E-state index is 12.6. The summed E-state index contributed by atoms with van der Waals surface area (Å²) in [6, 6.07) is 19.2. The van der Waals surface area contributed by atoms with Crippen LogP contribution in [0.1, 0.15) is 98.1 Å². The van der Waals surface area contributed by atoms with Gasteiger partial charge in [-0.05, 0) is 130 Å². The van der Waals surface area contributed by atoms with Gasteiger partial charge in [-0.3, -0.25) is 43.2 Å². The Labute approximate surface area is 539 Å². The number of Topliss-reactive ketones (excluding diaryl/α,β-unsaturated/α-hetero) is 1. The van der Waals surface area contributed by atoms with Gasteiger partial charge in [0.25, 0.3) is 0 Å². The average molecular weight is 1320 g/mol. The molecule has 6 rings (SSSR count). The van der Waals surface area contributed by atoms with Crippen molar-refractivity contribution in [2.24, 2.45) is 0 Å². The highest BCUT2D eigenvalue weighted by Gasteiger charge is 2.19. The summed E-state index contributed by atoms with van der Waals surface area (Å²) in [5.41, 5.74) is 1.27. The van der Waals surface area contributed by atoms with Crippen LogP contribution in [0.5, 0.6) is 51.7 Å². The first-order chi connectivity index (χ1) is 44.0. The molecule has 494 valence electrons. The van der Waals surface area contributed by atoms with Gasteiger partial charge in [0.1, 0.15) is 48.6 Å². The number of carboxylic acids is 1. The number of ether oxygens (including phenoxy) is 11. The molecule has 2 N–H and O–H groups in total. The third-order valence-corrected chi connectivity index (χ3v) is 12.8. The van der Waals surface area contributed by atoms with E-state index in [9.17, 15) is 43.2 Å². The van der Waals surface area contributed by atoms with Crippen LogP contribution in [0.25, 0.3) is 12.2 Å². The molecule has 0 aliphatic rings. The summed E-state index contributed by atoms with van der Waals surface area (Å²) in [5.74, 6) is 3.57. The number of aliphatic hydroxyl groups is 1. The van der Waals surface area contributed by atoms with Crippen LogP contribution >= 0.6 is 23.5 Å². The van der Waals surface area contributed by atoms with Gasteiger partial charge in [-0.15, -0.1) is 0 Å². The molecule has 0 unspecified atom stereocenters. The predicted octanol–water partition coefficient (Wildman–Crippen LogP) is 10.8. The number of thioether (sulfide) groups is 2. The van der Waals surface area contributed by atoms with E-state index in [0.29, 0.717) is 104 Å². The molecule has 0 saturated carbocycles. The van der Waals surface area contributed by atoms with Gasteiger partial charge < -0.3 is 75.6 Å². The summed E-state index contributed by atoms with van der Waals surface area (Å²) in [5, 5.41) is 16.6. The Balaban J connectivity index is 0.000000419. The van der Waals surface area contributed by atoms with Crippen molar-refractivity contribution in [1.82, 2.24) is 0 Å². The molecular weight excluding hydrogens is 1240 g/mol. The van der Waals surface area contributed by atoms with Crippen LogP contribution in [0, 0.1) is 0 Å². The molecule has 92 heavy (non-hydrogen) atoms. The standard InChI is InChI=1S/C23H24O8S.C17H18O6.C11H14O4.C8H8O4.C6H8O3S/c1-5-6-22(26)32-14-21(25)30-13-17-8-7-16(31-17)9-10-18(24)15-11-19(27-2)23(29-4)20(12-15)28-3;1-20-15-8-11(9-16(21-2)17(15)22-3)14(19)7-6-12-4-5-13(10-18)23-12;1-7(12)8-5-9(13-2)11(15-4)10(6-8)14-3;1-6(10)11-5-8-3-2-7(4-9)12-8;1-2-3-6(9)10-4-5(7)8/h5-12H,13-14H2,1-4H3;4-9,18H,10H2,1-3H3;5-6H,1-4H3;2-4H,5H2,1H3;2-3H,4H2,1H3,(H,7,8)/b6-5+,10-9+;7-6+;;;3-2+. The largest absolute Gasteiger partial charge is 0.493 e. The first-order valence-electron chi connectivity index (χ1n) is 26.8. The van der Waals surface area contributed by atoms with Crippen LogP contribution in [0.3, 0.4) is 0 Å². The zero-order valence-corrected chi connectivity index (χ0v) is 54.4. The summed E-state index contributed by atoms with van der Waals surface area (Å²) < 4.78 is 72.3. The number of aliphatic carboxylic acids is 1. The summed E-state index contributed by atoms with van der Waals surface area (Å²) in [7, 11) is 13.4. The zero-order chi connectivity index (χ0) is 68.7. The second-order valence-corrected chi connectivity index (χ2v) is 19.4. The third-order valence-electron chi connectivity index (χ3n) is 11.2. The lowest BCUT2D eigenvalue weighted by Gasteiger charge is -2.13. The minimum atomic E-state index is -0.970. The van der Waals surface area contributed by atoms with E-state index in [-0.39, 0.29) is 70.6 Å². The highest BCUT2D eigenvalue weighted by Crippen LogP contribution is 2.40. The van der Waals surface area contributed by atoms with Crippen molar-refractivity contribution in [2.75, 3.05) is 75.5 Å². The van der Waals surface area contributed by atoms with Gasteiger partial charge >= 0.3 is 17.9 Å². The van der Waals surface area contributed by atoms with Gasteiger partial charge in [-0.25, -0.2) is 0 Å². The highest BCUT2D eigenvalue weighted by atomic mass is 32.2. The fourth-order valence-corrected chi connectivity index (χ4v) is 7.98. The zero-order valence-electron chi connectivity index (χ0n) is 52.8. The number of allylic oxidation sites excluding steroid dienone is 4. The Morgan fingerprint density at radius 2 is 0.804 bits per heavy atom. The minimum Gasteiger partial charge on any atom is -0.493 e. The lowest BCUT2D eigenvalue weighted by Crippen LogP contribution is -2.08. The Morgan fingerprint density at radius 1 is 0.457 bits per heavy atom. The lowest BCUT2D eigenvalue weighted by atomic mass is 10.1. The molecule has 3 aromatic heterocycles. The summed E-state index contributed by atoms with van der Waals surface area (Å²) >= 11 is 1.64. The van der Waals surface area contributed by atoms with Crippen LogP contribution in [0.15, 0.2) is 123 Å². The maximum atomic E-state index is 12.6. The van der Waals surface area contributed by atoms with E-state index in [1.54, 1.807) is 92.7 Å². The van der Waals surface area contributed by atoms with Gasteiger partial charge in [0.05, 0.1) is 75.5 Å². The number of carbonyl (C=O) groups is 9. The molecule has 3 heterocycles. The van der Waals surface area contributed by atoms with Crippen molar-refractivity contribution in [1.29, 1.82) is 0 Å². The maximum Gasteiger partial charge on any atom is 0.316 e. The Morgan fingerprint density at radius 3 is 1.12 bits per heavy atom. The van der Waals surface area contributed by atoms with E-state index in [0.717, 1.165) is 23.5 Å². The summed E-state index contributed by atoms with van der Waals surface area (Å²) in [6.07, 6.45) is 12.3. The van der Waals surface area contributed by atoms with Gasteiger partial charge in [-0.1, -0.05) is 35.7 Å². The van der Waals surface area contributed by atoms with Crippen LogP contribution in [0.4, 0.5) is 0 Å². The molecule has 0 atom stereocenters. The Bertz CT molecular complexity index is 3470. The van der Waals surface area contributed by atoms with E-state index < -0.39 is 11.9 Å². The molecule has 25 nitrogen and oxygen atoms in total.